The first kappa shape index (κ1) is 12.4. The standard InChI is InChI=1S/C17H12ClN3/c1-11-10-16-19-20-17(12-6-8-13(18)9-7-12)21(16)15-5-3-2-4-14(11)15/h2-10H,1H3. The van der Waals surface area contributed by atoms with Gasteiger partial charge >= 0.3 is 0 Å². The van der Waals surface area contributed by atoms with Gasteiger partial charge in [0, 0.05) is 16.0 Å². The Labute approximate surface area is 126 Å². The number of fused-ring (bicyclic) bond motifs is 3. The van der Waals surface area contributed by atoms with E-state index >= 15 is 0 Å². The van der Waals surface area contributed by atoms with Gasteiger partial charge in [-0.15, -0.1) is 10.2 Å². The molecule has 21 heavy (non-hydrogen) atoms. The van der Waals surface area contributed by atoms with Crippen LogP contribution in [0.2, 0.25) is 5.02 Å². The zero-order valence-corrected chi connectivity index (χ0v) is 12.2. The number of nitrogens with zero attached hydrogens (tertiary/aromatic N) is 3. The summed E-state index contributed by atoms with van der Waals surface area (Å²) in [6.07, 6.45) is 0. The summed E-state index contributed by atoms with van der Waals surface area (Å²) in [6, 6.07) is 18.0. The predicted octanol–water partition coefficient (Wildman–Crippen LogP) is 4.51. The molecule has 102 valence electrons. The zero-order valence-electron chi connectivity index (χ0n) is 11.4. The maximum Gasteiger partial charge on any atom is 0.168 e. The lowest BCUT2D eigenvalue weighted by molar-refractivity contribution is 1.12. The molecule has 0 radical (unpaired) electrons. The molecular weight excluding hydrogens is 282 g/mol. The minimum Gasteiger partial charge on any atom is -0.275 e. The normalized spacial score (nSPS) is 11.3. The Hall–Kier alpha value is -2.39. The summed E-state index contributed by atoms with van der Waals surface area (Å²) in [4.78, 5) is 0. The molecule has 4 aromatic rings. The molecule has 0 fully saturated rings. The lowest BCUT2D eigenvalue weighted by Crippen LogP contribution is -1.93. The maximum atomic E-state index is 5.96. The van der Waals surface area contributed by atoms with Crippen LogP contribution >= 0.6 is 11.6 Å². The van der Waals surface area contributed by atoms with Crippen molar-refractivity contribution in [1.29, 1.82) is 0 Å². The molecule has 0 aliphatic carbocycles. The highest BCUT2D eigenvalue weighted by Gasteiger charge is 2.12. The highest BCUT2D eigenvalue weighted by Crippen LogP contribution is 2.26. The van der Waals surface area contributed by atoms with Gasteiger partial charge in [0.25, 0.3) is 0 Å². The third-order valence-corrected chi connectivity index (χ3v) is 3.96. The number of para-hydroxylation sites is 1. The summed E-state index contributed by atoms with van der Waals surface area (Å²) < 4.78 is 2.09. The van der Waals surface area contributed by atoms with Gasteiger partial charge in [-0.2, -0.15) is 0 Å². The second kappa shape index (κ2) is 4.57. The predicted molar refractivity (Wildman–Crippen MR) is 85.7 cm³/mol. The molecular formula is C17H12ClN3. The van der Waals surface area contributed by atoms with Crippen molar-refractivity contribution in [1.82, 2.24) is 14.6 Å². The van der Waals surface area contributed by atoms with Crippen molar-refractivity contribution in [2.75, 3.05) is 0 Å². The lowest BCUT2D eigenvalue weighted by Gasteiger charge is -2.07. The molecule has 0 amide bonds. The van der Waals surface area contributed by atoms with E-state index in [1.165, 1.54) is 10.9 Å². The van der Waals surface area contributed by atoms with Crippen molar-refractivity contribution in [3.8, 4) is 11.4 Å². The molecule has 0 aliphatic rings. The van der Waals surface area contributed by atoms with E-state index in [0.717, 1.165) is 22.6 Å². The van der Waals surface area contributed by atoms with Gasteiger partial charge < -0.3 is 0 Å². The van der Waals surface area contributed by atoms with Crippen molar-refractivity contribution in [3.05, 3.63) is 65.2 Å². The van der Waals surface area contributed by atoms with E-state index in [1.54, 1.807) is 0 Å². The molecule has 0 atom stereocenters. The van der Waals surface area contributed by atoms with E-state index in [2.05, 4.69) is 39.7 Å². The van der Waals surface area contributed by atoms with E-state index in [9.17, 15) is 0 Å². The summed E-state index contributed by atoms with van der Waals surface area (Å²) in [5.41, 5.74) is 4.17. The Kier molecular flexibility index (Phi) is 2.69. The van der Waals surface area contributed by atoms with Crippen LogP contribution in [0, 0.1) is 6.92 Å². The van der Waals surface area contributed by atoms with E-state index in [0.29, 0.717) is 5.02 Å². The van der Waals surface area contributed by atoms with Crippen LogP contribution in [0.1, 0.15) is 5.56 Å². The fourth-order valence-electron chi connectivity index (χ4n) is 2.69. The summed E-state index contributed by atoms with van der Waals surface area (Å²) in [5, 5.41) is 10.6. The zero-order chi connectivity index (χ0) is 14.4. The molecule has 0 N–H and O–H groups in total. The van der Waals surface area contributed by atoms with Gasteiger partial charge in [-0.1, -0.05) is 29.8 Å². The molecule has 0 unspecified atom stereocenters. The van der Waals surface area contributed by atoms with Crippen molar-refractivity contribution in [2.24, 2.45) is 0 Å². The third-order valence-electron chi connectivity index (χ3n) is 3.71. The average molecular weight is 294 g/mol. The molecule has 2 aromatic carbocycles. The molecule has 0 spiro atoms. The van der Waals surface area contributed by atoms with Crippen LogP contribution in [0.5, 0.6) is 0 Å². The number of halogens is 1. The van der Waals surface area contributed by atoms with Gasteiger partial charge in [0.1, 0.15) is 0 Å². The van der Waals surface area contributed by atoms with Gasteiger partial charge in [-0.3, -0.25) is 4.40 Å². The van der Waals surface area contributed by atoms with Gasteiger partial charge in [-0.05, 0) is 48.9 Å². The monoisotopic (exact) mass is 293 g/mol. The van der Waals surface area contributed by atoms with Crippen molar-refractivity contribution >= 4 is 28.2 Å². The number of aryl methyl sites for hydroxylation is 1. The van der Waals surface area contributed by atoms with Crippen molar-refractivity contribution in [2.45, 2.75) is 6.92 Å². The van der Waals surface area contributed by atoms with Gasteiger partial charge in [-0.25, -0.2) is 0 Å². The molecule has 4 heteroatoms. The molecule has 0 saturated heterocycles. The Morgan fingerprint density at radius 2 is 1.71 bits per heavy atom. The second-order valence-corrected chi connectivity index (χ2v) is 5.51. The molecule has 2 heterocycles. The lowest BCUT2D eigenvalue weighted by atomic mass is 10.1. The van der Waals surface area contributed by atoms with Crippen LogP contribution in [0.25, 0.3) is 27.9 Å². The Bertz CT molecular complexity index is 955. The van der Waals surface area contributed by atoms with Gasteiger partial charge in [0.05, 0.1) is 5.52 Å². The average Bonchev–Trinajstić information content (AvgIpc) is 2.92. The van der Waals surface area contributed by atoms with Crippen LogP contribution < -0.4 is 0 Å². The van der Waals surface area contributed by atoms with Crippen molar-refractivity contribution < 1.29 is 0 Å². The molecule has 4 rings (SSSR count). The number of rotatable bonds is 1. The SMILES string of the molecule is Cc1cc2nnc(-c3ccc(Cl)cc3)n2c2ccccc12. The van der Waals surface area contributed by atoms with E-state index < -0.39 is 0 Å². The fourth-order valence-corrected chi connectivity index (χ4v) is 2.81. The van der Waals surface area contributed by atoms with Gasteiger partial charge in [0.2, 0.25) is 0 Å². The molecule has 0 saturated carbocycles. The minimum absolute atomic E-state index is 0.716. The van der Waals surface area contributed by atoms with E-state index in [-0.39, 0.29) is 0 Å². The van der Waals surface area contributed by atoms with Crippen LogP contribution in [0.15, 0.2) is 54.6 Å². The number of benzene rings is 2. The number of pyridine rings is 1. The van der Waals surface area contributed by atoms with Crippen LogP contribution in [0.3, 0.4) is 0 Å². The van der Waals surface area contributed by atoms with Crippen LogP contribution in [-0.2, 0) is 0 Å². The highest BCUT2D eigenvalue weighted by molar-refractivity contribution is 6.30. The topological polar surface area (TPSA) is 30.2 Å². The first-order valence-corrected chi connectivity index (χ1v) is 7.11. The second-order valence-electron chi connectivity index (χ2n) is 5.07. The largest absolute Gasteiger partial charge is 0.275 e. The van der Waals surface area contributed by atoms with Gasteiger partial charge in [0.15, 0.2) is 11.5 Å². The van der Waals surface area contributed by atoms with Crippen LogP contribution in [0.4, 0.5) is 0 Å². The number of aromatic nitrogens is 3. The molecule has 2 aromatic heterocycles. The Morgan fingerprint density at radius 3 is 2.52 bits per heavy atom. The fraction of sp³-hybridized carbons (Fsp3) is 0.0588. The molecule has 0 bridgehead atoms. The minimum atomic E-state index is 0.716. The Balaban J connectivity index is 2.11. The highest BCUT2D eigenvalue weighted by atomic mass is 35.5. The first-order valence-electron chi connectivity index (χ1n) is 6.73. The van der Waals surface area contributed by atoms with Crippen molar-refractivity contribution in [3.63, 3.8) is 0 Å². The van der Waals surface area contributed by atoms with E-state index in [4.69, 9.17) is 11.6 Å². The van der Waals surface area contributed by atoms with Crippen LogP contribution in [-0.4, -0.2) is 14.6 Å². The summed E-state index contributed by atoms with van der Waals surface area (Å²) in [7, 11) is 0. The quantitative estimate of drug-likeness (QED) is 0.517. The molecule has 3 nitrogen and oxygen atoms in total. The van der Waals surface area contributed by atoms with E-state index in [1.807, 2.05) is 36.4 Å². The third kappa shape index (κ3) is 1.89. The first-order chi connectivity index (χ1) is 10.2. The Morgan fingerprint density at radius 1 is 0.952 bits per heavy atom. The smallest absolute Gasteiger partial charge is 0.168 e. The summed E-state index contributed by atoms with van der Waals surface area (Å²) >= 11 is 5.96. The number of hydrogen-bond donors (Lipinski definition) is 0. The molecule has 0 aliphatic heterocycles. The number of hydrogen-bond acceptors (Lipinski definition) is 2. The summed E-state index contributed by atoms with van der Waals surface area (Å²) in [6.45, 7) is 2.10. The maximum absolute atomic E-state index is 5.96. The summed E-state index contributed by atoms with van der Waals surface area (Å²) in [5.74, 6) is 0.831.